The number of hydrogen-bond donors (Lipinski definition) is 1. The fraction of sp³-hybridized carbons (Fsp3) is 0.111. The Balaban J connectivity index is 2.86. The molecule has 58 valence electrons. The average molecular weight is 157 g/mol. The summed E-state index contributed by atoms with van der Waals surface area (Å²) in [6, 6.07) is 5.67. The van der Waals surface area contributed by atoms with E-state index in [-0.39, 0.29) is 0 Å². The molecule has 3 heteroatoms. The molecule has 3 nitrogen and oxygen atoms in total. The third-order valence-electron chi connectivity index (χ3n) is 1.83. The molecule has 0 spiro atoms. The maximum atomic E-state index is 8.64. The van der Waals surface area contributed by atoms with Crippen molar-refractivity contribution in [2.45, 2.75) is 6.92 Å². The van der Waals surface area contributed by atoms with E-state index in [1.54, 1.807) is 6.07 Å². The Morgan fingerprint density at radius 1 is 1.58 bits per heavy atom. The fourth-order valence-corrected chi connectivity index (χ4v) is 1.27. The zero-order chi connectivity index (χ0) is 8.55. The average Bonchev–Trinajstić information content (AvgIpc) is 2.52. The van der Waals surface area contributed by atoms with E-state index < -0.39 is 0 Å². The van der Waals surface area contributed by atoms with E-state index in [9.17, 15) is 0 Å². The first-order valence-electron chi connectivity index (χ1n) is 3.66. The number of aromatic nitrogens is 2. The Morgan fingerprint density at radius 2 is 2.42 bits per heavy atom. The summed E-state index contributed by atoms with van der Waals surface area (Å²) in [4.78, 5) is 7.19. The minimum atomic E-state index is 0.472. The van der Waals surface area contributed by atoms with Crippen molar-refractivity contribution in [1.82, 2.24) is 9.97 Å². The van der Waals surface area contributed by atoms with E-state index in [0.717, 1.165) is 16.6 Å². The Kier molecular flexibility index (Phi) is 1.34. The van der Waals surface area contributed by atoms with Crippen LogP contribution in [0, 0.1) is 18.3 Å². The summed E-state index contributed by atoms with van der Waals surface area (Å²) >= 11 is 0. The lowest BCUT2D eigenvalue weighted by Gasteiger charge is -1.95. The van der Waals surface area contributed by atoms with Gasteiger partial charge in [-0.25, -0.2) is 4.98 Å². The lowest BCUT2D eigenvalue weighted by atomic mass is 10.2. The zero-order valence-electron chi connectivity index (χ0n) is 6.63. The molecule has 0 atom stereocenters. The van der Waals surface area contributed by atoms with Crippen molar-refractivity contribution in [1.29, 1.82) is 5.26 Å². The Labute approximate surface area is 69.7 Å². The van der Waals surface area contributed by atoms with E-state index in [2.05, 4.69) is 9.97 Å². The van der Waals surface area contributed by atoms with Crippen LogP contribution < -0.4 is 0 Å². The number of pyridine rings is 1. The van der Waals surface area contributed by atoms with Gasteiger partial charge in [-0.15, -0.1) is 0 Å². The molecule has 0 bridgehead atoms. The van der Waals surface area contributed by atoms with Crippen LogP contribution in [0.4, 0.5) is 0 Å². The third-order valence-corrected chi connectivity index (χ3v) is 1.83. The molecule has 0 radical (unpaired) electrons. The highest BCUT2D eigenvalue weighted by Crippen LogP contribution is 2.14. The monoisotopic (exact) mass is 157 g/mol. The van der Waals surface area contributed by atoms with Crippen LogP contribution in [0.1, 0.15) is 11.3 Å². The second kappa shape index (κ2) is 2.35. The van der Waals surface area contributed by atoms with Crippen LogP contribution >= 0.6 is 0 Å². The third kappa shape index (κ3) is 0.857. The van der Waals surface area contributed by atoms with Gasteiger partial charge < -0.3 is 4.98 Å². The van der Waals surface area contributed by atoms with Gasteiger partial charge in [0.1, 0.15) is 11.8 Å². The molecule has 2 rings (SSSR count). The van der Waals surface area contributed by atoms with Gasteiger partial charge in [0.15, 0.2) is 0 Å². The molecule has 2 aromatic rings. The molecular formula is C9H7N3. The van der Waals surface area contributed by atoms with Crippen LogP contribution in [-0.2, 0) is 0 Å². The summed E-state index contributed by atoms with van der Waals surface area (Å²) in [5.41, 5.74) is 3.39. The van der Waals surface area contributed by atoms with Crippen molar-refractivity contribution in [2.24, 2.45) is 0 Å². The van der Waals surface area contributed by atoms with Gasteiger partial charge >= 0.3 is 0 Å². The van der Waals surface area contributed by atoms with Crippen LogP contribution in [-0.4, -0.2) is 9.97 Å². The molecule has 0 aliphatic rings. The van der Waals surface area contributed by atoms with E-state index in [0.29, 0.717) is 5.69 Å². The number of fused-ring (bicyclic) bond motifs is 1. The van der Waals surface area contributed by atoms with Crippen molar-refractivity contribution in [3.8, 4) is 6.07 Å². The molecule has 0 amide bonds. The van der Waals surface area contributed by atoms with Gasteiger partial charge in [-0.05, 0) is 24.6 Å². The Bertz CT molecular complexity index is 462. The van der Waals surface area contributed by atoms with E-state index in [4.69, 9.17) is 5.26 Å². The summed E-state index contributed by atoms with van der Waals surface area (Å²) in [7, 11) is 0. The molecule has 0 aromatic carbocycles. The van der Waals surface area contributed by atoms with Gasteiger partial charge in [-0.2, -0.15) is 5.26 Å². The number of nitrogens with zero attached hydrogens (tertiary/aromatic N) is 2. The van der Waals surface area contributed by atoms with Crippen LogP contribution in [0.2, 0.25) is 0 Å². The second-order valence-corrected chi connectivity index (χ2v) is 2.67. The van der Waals surface area contributed by atoms with Crippen molar-refractivity contribution in [2.75, 3.05) is 0 Å². The lowest BCUT2D eigenvalue weighted by molar-refractivity contribution is 1.29. The number of nitrogens with one attached hydrogen (secondary N) is 1. The number of aromatic amines is 1. The molecule has 0 aliphatic heterocycles. The van der Waals surface area contributed by atoms with E-state index in [1.165, 1.54) is 0 Å². The van der Waals surface area contributed by atoms with Gasteiger partial charge in [0.2, 0.25) is 0 Å². The van der Waals surface area contributed by atoms with Crippen molar-refractivity contribution in [3.63, 3.8) is 0 Å². The zero-order valence-corrected chi connectivity index (χ0v) is 6.63. The van der Waals surface area contributed by atoms with E-state index >= 15 is 0 Å². The minimum absolute atomic E-state index is 0.472. The minimum Gasteiger partial charge on any atom is -0.360 e. The molecule has 1 N–H and O–H groups in total. The van der Waals surface area contributed by atoms with Crippen molar-refractivity contribution < 1.29 is 0 Å². The topological polar surface area (TPSA) is 52.5 Å². The SMILES string of the molecule is Cc1cc(C#N)nc2cc[nH]c12. The summed E-state index contributed by atoms with van der Waals surface area (Å²) in [5, 5.41) is 8.64. The summed E-state index contributed by atoms with van der Waals surface area (Å²) in [6.07, 6.45) is 1.83. The van der Waals surface area contributed by atoms with Gasteiger partial charge in [-0.3, -0.25) is 0 Å². The predicted molar refractivity (Wildman–Crippen MR) is 45.5 cm³/mol. The summed E-state index contributed by atoms with van der Waals surface area (Å²) < 4.78 is 0. The van der Waals surface area contributed by atoms with Crippen molar-refractivity contribution >= 4 is 11.0 Å². The van der Waals surface area contributed by atoms with E-state index in [1.807, 2.05) is 25.3 Å². The van der Waals surface area contributed by atoms with Crippen LogP contribution in [0.3, 0.4) is 0 Å². The number of aryl methyl sites for hydroxylation is 1. The highest BCUT2D eigenvalue weighted by Gasteiger charge is 2.01. The molecule has 0 aliphatic carbocycles. The molecule has 0 saturated carbocycles. The van der Waals surface area contributed by atoms with Gasteiger partial charge in [0, 0.05) is 6.20 Å². The Hall–Kier alpha value is -1.82. The quantitative estimate of drug-likeness (QED) is 0.633. The summed E-state index contributed by atoms with van der Waals surface area (Å²) in [5.74, 6) is 0. The molecule has 2 heterocycles. The normalized spacial score (nSPS) is 10.0. The number of hydrogen-bond acceptors (Lipinski definition) is 2. The van der Waals surface area contributed by atoms with Crippen LogP contribution in [0.15, 0.2) is 18.3 Å². The van der Waals surface area contributed by atoms with Gasteiger partial charge in [0.05, 0.1) is 11.0 Å². The van der Waals surface area contributed by atoms with Gasteiger partial charge in [0.25, 0.3) is 0 Å². The Morgan fingerprint density at radius 3 is 3.17 bits per heavy atom. The molecule has 12 heavy (non-hydrogen) atoms. The van der Waals surface area contributed by atoms with Gasteiger partial charge in [-0.1, -0.05) is 0 Å². The summed E-state index contributed by atoms with van der Waals surface area (Å²) in [6.45, 7) is 1.96. The highest BCUT2D eigenvalue weighted by atomic mass is 14.8. The first-order chi connectivity index (χ1) is 5.81. The molecule has 0 unspecified atom stereocenters. The predicted octanol–water partition coefficient (Wildman–Crippen LogP) is 1.74. The van der Waals surface area contributed by atoms with Crippen LogP contribution in [0.25, 0.3) is 11.0 Å². The van der Waals surface area contributed by atoms with Crippen LogP contribution in [0.5, 0.6) is 0 Å². The smallest absolute Gasteiger partial charge is 0.141 e. The molecule has 0 saturated heterocycles. The standard InChI is InChI=1S/C9H7N3/c1-6-4-7(5-10)12-8-2-3-11-9(6)8/h2-4,11H,1H3. The molecular weight excluding hydrogens is 150 g/mol. The van der Waals surface area contributed by atoms with Crippen molar-refractivity contribution in [3.05, 3.63) is 29.6 Å². The number of H-pyrrole nitrogens is 1. The molecule has 0 fully saturated rings. The first kappa shape index (κ1) is 6.86. The number of rotatable bonds is 0. The molecule has 2 aromatic heterocycles. The fourth-order valence-electron chi connectivity index (χ4n) is 1.27. The largest absolute Gasteiger partial charge is 0.360 e. The maximum Gasteiger partial charge on any atom is 0.141 e. The maximum absolute atomic E-state index is 8.64. The first-order valence-corrected chi connectivity index (χ1v) is 3.66. The second-order valence-electron chi connectivity index (χ2n) is 2.67. The highest BCUT2D eigenvalue weighted by molar-refractivity contribution is 5.78. The lowest BCUT2D eigenvalue weighted by Crippen LogP contribution is -1.85. The number of nitriles is 1.